The molecule has 1 aromatic carbocycles. The zero-order valence-electron chi connectivity index (χ0n) is 13.7. The second kappa shape index (κ2) is 6.77. The van der Waals surface area contributed by atoms with Crippen LogP contribution >= 0.6 is 0 Å². The van der Waals surface area contributed by atoms with Crippen LogP contribution in [0.25, 0.3) is 11.3 Å². The summed E-state index contributed by atoms with van der Waals surface area (Å²) in [5.41, 5.74) is 1.66. The van der Waals surface area contributed by atoms with Crippen molar-refractivity contribution >= 4 is 5.91 Å². The Morgan fingerprint density at radius 3 is 2.88 bits per heavy atom. The molecular weight excluding hydrogens is 304 g/mol. The summed E-state index contributed by atoms with van der Waals surface area (Å²) in [6.45, 7) is 1.97. The molecule has 1 aliphatic heterocycles. The van der Waals surface area contributed by atoms with E-state index in [1.165, 1.54) is 12.8 Å². The lowest BCUT2D eigenvalue weighted by atomic mass is 10.1. The van der Waals surface area contributed by atoms with Crippen molar-refractivity contribution in [3.05, 3.63) is 42.1 Å². The van der Waals surface area contributed by atoms with Gasteiger partial charge in [-0.05, 0) is 12.3 Å². The molecule has 1 atom stereocenters. The van der Waals surface area contributed by atoms with Crippen molar-refractivity contribution < 1.29 is 14.1 Å². The summed E-state index contributed by atoms with van der Waals surface area (Å²) in [4.78, 5) is 14.7. The van der Waals surface area contributed by atoms with E-state index in [1.54, 1.807) is 0 Å². The van der Waals surface area contributed by atoms with Gasteiger partial charge >= 0.3 is 0 Å². The Morgan fingerprint density at radius 1 is 1.25 bits per heavy atom. The fraction of sp³-hybridized carbons (Fsp3) is 0.474. The van der Waals surface area contributed by atoms with Crippen LogP contribution < -0.4 is 0 Å². The van der Waals surface area contributed by atoms with Gasteiger partial charge in [-0.15, -0.1) is 0 Å². The van der Waals surface area contributed by atoms with Gasteiger partial charge in [0.1, 0.15) is 0 Å². The number of carbonyl (C=O) groups excluding carboxylic acids is 1. The van der Waals surface area contributed by atoms with Gasteiger partial charge in [0.2, 0.25) is 5.91 Å². The third-order valence-corrected chi connectivity index (χ3v) is 4.80. The molecule has 1 amide bonds. The van der Waals surface area contributed by atoms with Gasteiger partial charge < -0.3 is 14.2 Å². The van der Waals surface area contributed by atoms with E-state index in [9.17, 15) is 4.79 Å². The quantitative estimate of drug-likeness (QED) is 0.848. The summed E-state index contributed by atoms with van der Waals surface area (Å²) in [7, 11) is 0. The zero-order chi connectivity index (χ0) is 16.4. The number of hydrogen-bond acceptors (Lipinski definition) is 4. The van der Waals surface area contributed by atoms with E-state index in [0.717, 1.165) is 17.9 Å². The third-order valence-electron chi connectivity index (χ3n) is 4.80. The largest absolute Gasteiger partial charge is 0.377 e. The van der Waals surface area contributed by atoms with Gasteiger partial charge in [-0.1, -0.05) is 48.3 Å². The zero-order valence-corrected chi connectivity index (χ0v) is 13.7. The highest BCUT2D eigenvalue weighted by molar-refractivity contribution is 5.79. The van der Waals surface area contributed by atoms with Crippen LogP contribution in [0.1, 0.15) is 25.0 Å². The van der Waals surface area contributed by atoms with E-state index < -0.39 is 0 Å². The number of benzene rings is 1. The first-order valence-electron chi connectivity index (χ1n) is 8.68. The maximum atomic E-state index is 12.7. The topological polar surface area (TPSA) is 55.6 Å². The molecule has 24 heavy (non-hydrogen) atoms. The molecule has 4 rings (SSSR count). The summed E-state index contributed by atoms with van der Waals surface area (Å²) < 4.78 is 11.0. The number of ether oxygens (including phenoxy) is 1. The van der Waals surface area contributed by atoms with Crippen LogP contribution in [-0.2, 0) is 16.0 Å². The monoisotopic (exact) mass is 326 g/mol. The second-order valence-electron chi connectivity index (χ2n) is 6.72. The minimum Gasteiger partial charge on any atom is -0.377 e. The highest BCUT2D eigenvalue weighted by Gasteiger charge is 2.33. The van der Waals surface area contributed by atoms with Crippen molar-refractivity contribution in [2.24, 2.45) is 5.92 Å². The Hall–Kier alpha value is -2.14. The van der Waals surface area contributed by atoms with E-state index in [2.05, 4.69) is 5.16 Å². The lowest BCUT2D eigenvalue weighted by Crippen LogP contribution is -2.49. The Bertz CT molecular complexity index is 694. The van der Waals surface area contributed by atoms with Crippen LogP contribution in [0.15, 0.2) is 40.9 Å². The molecule has 2 fully saturated rings. The fourth-order valence-corrected chi connectivity index (χ4v) is 3.31. The first-order valence-corrected chi connectivity index (χ1v) is 8.68. The lowest BCUT2D eigenvalue weighted by Gasteiger charge is -2.35. The highest BCUT2D eigenvalue weighted by atomic mass is 16.5. The average molecular weight is 326 g/mol. The molecule has 2 heterocycles. The van der Waals surface area contributed by atoms with Gasteiger partial charge in [0.05, 0.1) is 31.4 Å². The standard InChI is InChI=1S/C19H22N2O3/c22-19(21-8-9-23-13-17(21)10-14-6-7-14)12-16-11-18(24-20-16)15-4-2-1-3-5-15/h1-5,11,14,17H,6-10,12-13H2. The number of hydrogen-bond donors (Lipinski definition) is 0. The van der Waals surface area contributed by atoms with Crippen LogP contribution in [0.5, 0.6) is 0 Å². The van der Waals surface area contributed by atoms with Gasteiger partial charge in [-0.2, -0.15) is 0 Å². The molecular formula is C19H22N2O3. The molecule has 1 saturated carbocycles. The Balaban J connectivity index is 1.42. The predicted molar refractivity (Wildman–Crippen MR) is 89.3 cm³/mol. The van der Waals surface area contributed by atoms with Gasteiger partial charge in [0.25, 0.3) is 0 Å². The van der Waals surface area contributed by atoms with Gasteiger partial charge in [0.15, 0.2) is 5.76 Å². The Labute approximate surface area is 141 Å². The van der Waals surface area contributed by atoms with Crippen LogP contribution in [0.2, 0.25) is 0 Å². The van der Waals surface area contributed by atoms with Crippen molar-refractivity contribution in [1.29, 1.82) is 0 Å². The summed E-state index contributed by atoms with van der Waals surface area (Å²) >= 11 is 0. The van der Waals surface area contributed by atoms with Gasteiger partial charge in [0, 0.05) is 18.2 Å². The number of amides is 1. The molecule has 0 N–H and O–H groups in total. The molecule has 5 nitrogen and oxygen atoms in total. The maximum Gasteiger partial charge on any atom is 0.229 e. The molecule has 1 saturated heterocycles. The molecule has 0 bridgehead atoms. The molecule has 1 aliphatic carbocycles. The smallest absolute Gasteiger partial charge is 0.229 e. The second-order valence-corrected chi connectivity index (χ2v) is 6.72. The van der Waals surface area contributed by atoms with E-state index in [4.69, 9.17) is 9.26 Å². The van der Waals surface area contributed by atoms with Crippen molar-refractivity contribution in [1.82, 2.24) is 10.1 Å². The van der Waals surface area contributed by atoms with E-state index in [-0.39, 0.29) is 18.4 Å². The lowest BCUT2D eigenvalue weighted by molar-refractivity contribution is -0.139. The van der Waals surface area contributed by atoms with Gasteiger partial charge in [-0.25, -0.2) is 0 Å². The SMILES string of the molecule is O=C(Cc1cc(-c2ccccc2)on1)N1CCOCC1CC1CC1. The minimum absolute atomic E-state index is 0.122. The number of aromatic nitrogens is 1. The van der Waals surface area contributed by atoms with Crippen LogP contribution in [0.3, 0.4) is 0 Å². The molecule has 0 spiro atoms. The highest BCUT2D eigenvalue weighted by Crippen LogP contribution is 2.35. The van der Waals surface area contributed by atoms with Crippen LogP contribution in [0, 0.1) is 5.92 Å². The van der Waals surface area contributed by atoms with Crippen LogP contribution in [-0.4, -0.2) is 41.8 Å². The molecule has 2 aromatic rings. The van der Waals surface area contributed by atoms with Gasteiger partial charge in [-0.3, -0.25) is 4.79 Å². The van der Waals surface area contributed by atoms with E-state index in [1.807, 2.05) is 41.3 Å². The number of nitrogens with zero attached hydrogens (tertiary/aromatic N) is 2. The average Bonchev–Trinajstić information content (AvgIpc) is 3.31. The number of carbonyl (C=O) groups is 1. The van der Waals surface area contributed by atoms with Crippen molar-refractivity contribution in [2.75, 3.05) is 19.8 Å². The molecule has 1 aromatic heterocycles. The van der Waals surface area contributed by atoms with E-state index >= 15 is 0 Å². The number of morpholine rings is 1. The third kappa shape index (κ3) is 3.51. The summed E-state index contributed by atoms with van der Waals surface area (Å²) in [6, 6.07) is 11.9. The molecule has 2 aliphatic rings. The molecule has 1 unspecified atom stereocenters. The normalized spacial score (nSPS) is 21.0. The molecule has 5 heteroatoms. The fourth-order valence-electron chi connectivity index (χ4n) is 3.31. The first kappa shape index (κ1) is 15.4. The summed E-state index contributed by atoms with van der Waals surface area (Å²) in [5, 5.41) is 4.07. The van der Waals surface area contributed by atoms with Crippen molar-refractivity contribution in [3.8, 4) is 11.3 Å². The Morgan fingerprint density at radius 2 is 2.08 bits per heavy atom. The Kier molecular flexibility index (Phi) is 4.34. The molecule has 0 radical (unpaired) electrons. The van der Waals surface area contributed by atoms with Crippen molar-refractivity contribution in [2.45, 2.75) is 31.7 Å². The number of rotatable bonds is 5. The minimum atomic E-state index is 0.122. The van der Waals surface area contributed by atoms with Crippen LogP contribution in [0.4, 0.5) is 0 Å². The summed E-state index contributed by atoms with van der Waals surface area (Å²) in [6.07, 6.45) is 3.95. The maximum absolute atomic E-state index is 12.7. The first-order chi connectivity index (χ1) is 11.8. The molecule has 126 valence electrons. The van der Waals surface area contributed by atoms with Crippen molar-refractivity contribution in [3.63, 3.8) is 0 Å². The van der Waals surface area contributed by atoms with E-state index in [0.29, 0.717) is 31.2 Å². The predicted octanol–water partition coefficient (Wildman–Crippen LogP) is 2.91. The summed E-state index contributed by atoms with van der Waals surface area (Å²) in [5.74, 6) is 1.61.